The van der Waals surface area contributed by atoms with E-state index in [0.717, 1.165) is 11.3 Å². The zero-order valence-electron chi connectivity index (χ0n) is 9.48. The number of aryl methyl sites for hydroxylation is 1. The van der Waals surface area contributed by atoms with Gasteiger partial charge in [-0.05, 0) is 24.6 Å². The number of hydrogen-bond acceptors (Lipinski definition) is 3. The maximum Gasteiger partial charge on any atom is 0.360 e. The highest BCUT2D eigenvalue weighted by Gasteiger charge is 2.16. The van der Waals surface area contributed by atoms with Crippen molar-refractivity contribution in [1.29, 1.82) is 0 Å². The highest BCUT2D eigenvalue weighted by atomic mass is 35.5. The van der Waals surface area contributed by atoms with Gasteiger partial charge in [0.25, 0.3) is 0 Å². The first-order valence-corrected chi connectivity index (χ1v) is 5.40. The van der Waals surface area contributed by atoms with Gasteiger partial charge in [0.05, 0.1) is 24.0 Å². The number of halogens is 1. The van der Waals surface area contributed by atoms with Gasteiger partial charge in [0.15, 0.2) is 5.69 Å². The van der Waals surface area contributed by atoms with E-state index in [2.05, 4.69) is 9.84 Å². The van der Waals surface area contributed by atoms with Crippen LogP contribution in [0.3, 0.4) is 0 Å². The van der Waals surface area contributed by atoms with Gasteiger partial charge in [0.1, 0.15) is 0 Å². The Bertz CT molecular complexity index is 563. The molecule has 1 aromatic carbocycles. The molecule has 0 spiro atoms. The molecule has 2 rings (SSSR count). The number of nitrogens with zero attached hydrogens (tertiary/aromatic N) is 2. The van der Waals surface area contributed by atoms with Crippen LogP contribution in [0, 0.1) is 6.92 Å². The lowest BCUT2D eigenvalue weighted by molar-refractivity contribution is 0.0593. The third-order valence-electron chi connectivity index (χ3n) is 2.31. The molecule has 2 aromatic rings. The highest BCUT2D eigenvalue weighted by molar-refractivity contribution is 6.33. The zero-order valence-corrected chi connectivity index (χ0v) is 10.2. The van der Waals surface area contributed by atoms with Crippen molar-refractivity contribution in [2.75, 3.05) is 7.11 Å². The number of methoxy groups -OCH3 is 1. The smallest absolute Gasteiger partial charge is 0.360 e. The van der Waals surface area contributed by atoms with Gasteiger partial charge in [-0.25, -0.2) is 9.48 Å². The third kappa shape index (κ3) is 2.31. The van der Waals surface area contributed by atoms with E-state index in [1.54, 1.807) is 10.9 Å². The summed E-state index contributed by atoms with van der Waals surface area (Å²) in [5, 5.41) is 4.38. The first kappa shape index (κ1) is 11.7. The van der Waals surface area contributed by atoms with Crippen LogP contribution in [0.15, 0.2) is 30.5 Å². The van der Waals surface area contributed by atoms with Gasteiger partial charge in [-0.2, -0.15) is 5.10 Å². The summed E-state index contributed by atoms with van der Waals surface area (Å²) in [7, 11) is 1.30. The summed E-state index contributed by atoms with van der Waals surface area (Å²) in [4.78, 5) is 11.4. The second-order valence-electron chi connectivity index (χ2n) is 3.60. The molecular formula is C12H11ClN2O2. The first-order valence-electron chi connectivity index (χ1n) is 5.02. The Kier molecular flexibility index (Phi) is 3.15. The van der Waals surface area contributed by atoms with Crippen molar-refractivity contribution in [2.24, 2.45) is 0 Å². The molecular weight excluding hydrogens is 240 g/mol. The number of ether oxygens (including phenoxy) is 1. The Morgan fingerprint density at radius 1 is 1.47 bits per heavy atom. The molecule has 88 valence electrons. The Hall–Kier alpha value is -1.81. The van der Waals surface area contributed by atoms with E-state index in [1.807, 2.05) is 31.2 Å². The largest absolute Gasteiger partial charge is 0.464 e. The molecule has 0 aliphatic heterocycles. The second kappa shape index (κ2) is 4.59. The van der Waals surface area contributed by atoms with Crippen LogP contribution in [-0.2, 0) is 4.74 Å². The fraction of sp³-hybridized carbons (Fsp3) is 0.167. The van der Waals surface area contributed by atoms with Crippen molar-refractivity contribution < 1.29 is 9.53 Å². The normalized spacial score (nSPS) is 10.3. The molecule has 5 heteroatoms. The predicted octanol–water partition coefficient (Wildman–Crippen LogP) is 2.62. The van der Waals surface area contributed by atoms with Gasteiger partial charge in [-0.1, -0.05) is 23.7 Å². The van der Waals surface area contributed by atoms with Gasteiger partial charge >= 0.3 is 5.97 Å². The lowest BCUT2D eigenvalue weighted by atomic mass is 10.2. The Balaban J connectivity index is 2.44. The van der Waals surface area contributed by atoms with E-state index in [4.69, 9.17) is 11.6 Å². The Morgan fingerprint density at radius 2 is 2.24 bits per heavy atom. The minimum Gasteiger partial charge on any atom is -0.464 e. The van der Waals surface area contributed by atoms with Crippen molar-refractivity contribution in [3.05, 3.63) is 46.7 Å². The maximum atomic E-state index is 11.4. The number of rotatable bonds is 2. The van der Waals surface area contributed by atoms with Crippen LogP contribution in [0.4, 0.5) is 0 Å². The summed E-state index contributed by atoms with van der Waals surface area (Å²) in [5.74, 6) is -0.540. The number of hydrogen-bond donors (Lipinski definition) is 0. The van der Waals surface area contributed by atoms with Crippen LogP contribution in [0.5, 0.6) is 0 Å². The van der Waals surface area contributed by atoms with Gasteiger partial charge in [0, 0.05) is 0 Å². The average Bonchev–Trinajstić information content (AvgIpc) is 2.70. The minimum absolute atomic E-state index is 0.121. The van der Waals surface area contributed by atoms with Crippen LogP contribution in [0.2, 0.25) is 5.02 Å². The number of esters is 1. The standard InChI is InChI=1S/C12H11ClN2O2/c1-8-4-3-5-9(6-8)15-7-10(13)11(14-15)12(16)17-2/h3-7H,1-2H3. The molecule has 0 aliphatic rings. The van der Waals surface area contributed by atoms with Crippen molar-refractivity contribution in [3.63, 3.8) is 0 Å². The van der Waals surface area contributed by atoms with E-state index in [0.29, 0.717) is 0 Å². The van der Waals surface area contributed by atoms with Crippen LogP contribution < -0.4 is 0 Å². The molecule has 0 saturated heterocycles. The van der Waals surface area contributed by atoms with E-state index in [9.17, 15) is 4.79 Å². The molecule has 0 aliphatic carbocycles. The van der Waals surface area contributed by atoms with Gasteiger partial charge < -0.3 is 4.74 Å². The van der Waals surface area contributed by atoms with E-state index in [1.165, 1.54) is 7.11 Å². The SMILES string of the molecule is COC(=O)c1nn(-c2cccc(C)c2)cc1Cl. The topological polar surface area (TPSA) is 44.1 Å². The molecule has 0 radical (unpaired) electrons. The fourth-order valence-corrected chi connectivity index (χ4v) is 1.70. The molecule has 0 fully saturated rings. The maximum absolute atomic E-state index is 11.4. The molecule has 17 heavy (non-hydrogen) atoms. The summed E-state index contributed by atoms with van der Waals surface area (Å²) in [6.07, 6.45) is 1.59. The molecule has 0 amide bonds. The Labute approximate surface area is 104 Å². The van der Waals surface area contributed by atoms with E-state index < -0.39 is 5.97 Å². The first-order chi connectivity index (χ1) is 8.11. The molecule has 1 heterocycles. The lowest BCUT2D eigenvalue weighted by Gasteiger charge is -2.01. The lowest BCUT2D eigenvalue weighted by Crippen LogP contribution is -2.04. The quantitative estimate of drug-likeness (QED) is 0.770. The van der Waals surface area contributed by atoms with Crippen molar-refractivity contribution >= 4 is 17.6 Å². The average molecular weight is 251 g/mol. The molecule has 4 nitrogen and oxygen atoms in total. The van der Waals surface area contributed by atoms with Crippen LogP contribution >= 0.6 is 11.6 Å². The third-order valence-corrected chi connectivity index (χ3v) is 2.59. The molecule has 0 bridgehead atoms. The molecule has 1 aromatic heterocycles. The van der Waals surface area contributed by atoms with Gasteiger partial charge in [0.2, 0.25) is 0 Å². The highest BCUT2D eigenvalue weighted by Crippen LogP contribution is 2.18. The Morgan fingerprint density at radius 3 is 2.88 bits per heavy atom. The monoisotopic (exact) mass is 250 g/mol. The summed E-state index contributed by atoms with van der Waals surface area (Å²) < 4.78 is 6.15. The second-order valence-corrected chi connectivity index (χ2v) is 4.01. The van der Waals surface area contributed by atoms with E-state index in [-0.39, 0.29) is 10.7 Å². The summed E-state index contributed by atoms with van der Waals surface area (Å²) in [6, 6.07) is 7.73. The van der Waals surface area contributed by atoms with Crippen LogP contribution in [-0.4, -0.2) is 22.9 Å². The van der Waals surface area contributed by atoms with Crippen molar-refractivity contribution in [3.8, 4) is 5.69 Å². The molecule has 0 unspecified atom stereocenters. The zero-order chi connectivity index (χ0) is 12.4. The van der Waals surface area contributed by atoms with Gasteiger partial charge in [-0.15, -0.1) is 0 Å². The molecule has 0 atom stereocenters. The predicted molar refractivity (Wildman–Crippen MR) is 64.7 cm³/mol. The summed E-state index contributed by atoms with van der Waals surface area (Å²) >= 11 is 5.92. The number of benzene rings is 1. The number of aromatic nitrogens is 2. The molecule has 0 saturated carbocycles. The summed E-state index contributed by atoms with van der Waals surface area (Å²) in [5.41, 5.74) is 2.08. The van der Waals surface area contributed by atoms with Crippen molar-refractivity contribution in [1.82, 2.24) is 9.78 Å². The molecule has 0 N–H and O–H groups in total. The van der Waals surface area contributed by atoms with Crippen LogP contribution in [0.1, 0.15) is 16.1 Å². The minimum atomic E-state index is -0.540. The fourth-order valence-electron chi connectivity index (χ4n) is 1.49. The van der Waals surface area contributed by atoms with Gasteiger partial charge in [-0.3, -0.25) is 0 Å². The van der Waals surface area contributed by atoms with Crippen LogP contribution in [0.25, 0.3) is 5.69 Å². The summed E-state index contributed by atoms with van der Waals surface area (Å²) in [6.45, 7) is 1.98. The number of carbonyl (C=O) groups excluding carboxylic acids is 1. The van der Waals surface area contributed by atoms with Crippen molar-refractivity contribution in [2.45, 2.75) is 6.92 Å². The number of carbonyl (C=O) groups is 1. The van der Waals surface area contributed by atoms with E-state index >= 15 is 0 Å².